The van der Waals surface area contributed by atoms with Crippen molar-refractivity contribution in [3.05, 3.63) is 72.4 Å². The maximum atomic E-state index is 13.7. The number of hydrogen-bond acceptors (Lipinski definition) is 4. The van der Waals surface area contributed by atoms with E-state index in [4.69, 9.17) is 9.84 Å². The minimum Gasteiger partial charge on any atom is -0.373 e. The number of rotatable bonds is 5. The molecule has 5 rings (SSSR count). The van der Waals surface area contributed by atoms with Gasteiger partial charge in [0.25, 0.3) is 5.91 Å². The van der Waals surface area contributed by atoms with E-state index in [-0.39, 0.29) is 5.91 Å². The number of ether oxygens (including phenoxy) is 1. The molecule has 0 aliphatic carbocycles. The average molecular weight is 459 g/mol. The van der Waals surface area contributed by atoms with Gasteiger partial charge in [0.15, 0.2) is 0 Å². The third-order valence-corrected chi connectivity index (χ3v) is 6.93. The fraction of sp³-hybridized carbons (Fsp3) is 0.429. The quantitative estimate of drug-likeness (QED) is 0.565. The molecule has 2 aliphatic heterocycles. The number of morpholine rings is 1. The maximum absolute atomic E-state index is 13.7. The first-order chi connectivity index (χ1) is 16.6. The maximum Gasteiger partial charge on any atom is 0.257 e. The number of para-hydroxylation sites is 1. The van der Waals surface area contributed by atoms with Gasteiger partial charge in [0, 0.05) is 44.5 Å². The first-order valence-electron chi connectivity index (χ1n) is 12.4. The molecule has 1 amide bonds. The zero-order valence-corrected chi connectivity index (χ0v) is 20.1. The first-order valence-corrected chi connectivity index (χ1v) is 12.4. The lowest BCUT2D eigenvalue weighted by atomic mass is 9.95. The van der Waals surface area contributed by atoms with Gasteiger partial charge in [0.1, 0.15) is 5.69 Å². The van der Waals surface area contributed by atoms with E-state index in [1.54, 1.807) is 0 Å². The van der Waals surface area contributed by atoms with Crippen molar-refractivity contribution in [3.8, 4) is 16.9 Å². The normalized spacial score (nSPS) is 22.1. The summed E-state index contributed by atoms with van der Waals surface area (Å²) in [5.41, 5.74) is 3.33. The number of likely N-dealkylation sites (tertiary alicyclic amines) is 1. The van der Waals surface area contributed by atoms with Crippen molar-refractivity contribution in [2.24, 2.45) is 5.92 Å². The van der Waals surface area contributed by atoms with E-state index in [1.165, 1.54) is 0 Å². The second-order valence-electron chi connectivity index (χ2n) is 9.75. The fourth-order valence-corrected chi connectivity index (χ4v) is 5.34. The lowest BCUT2D eigenvalue weighted by molar-refractivity contribution is -0.0728. The van der Waals surface area contributed by atoms with Crippen molar-refractivity contribution in [3.63, 3.8) is 0 Å². The predicted molar refractivity (Wildman–Crippen MR) is 134 cm³/mol. The van der Waals surface area contributed by atoms with Crippen molar-refractivity contribution < 1.29 is 9.53 Å². The molecule has 0 saturated carbocycles. The molecule has 1 aromatic heterocycles. The van der Waals surface area contributed by atoms with Crippen molar-refractivity contribution in [1.82, 2.24) is 19.6 Å². The van der Waals surface area contributed by atoms with E-state index in [1.807, 2.05) is 76.4 Å². The Morgan fingerprint density at radius 2 is 1.56 bits per heavy atom. The van der Waals surface area contributed by atoms with Crippen molar-refractivity contribution in [2.45, 2.75) is 38.9 Å². The molecule has 2 fully saturated rings. The number of aromatic nitrogens is 2. The highest BCUT2D eigenvalue weighted by Gasteiger charge is 2.30. The molecule has 6 heteroatoms. The molecule has 0 N–H and O–H groups in total. The van der Waals surface area contributed by atoms with Gasteiger partial charge in [-0.1, -0.05) is 48.5 Å². The summed E-state index contributed by atoms with van der Waals surface area (Å²) in [7, 11) is 0. The van der Waals surface area contributed by atoms with Gasteiger partial charge < -0.3 is 9.64 Å². The van der Waals surface area contributed by atoms with Crippen LogP contribution in [0.5, 0.6) is 0 Å². The Hall–Kier alpha value is -2.96. The smallest absolute Gasteiger partial charge is 0.257 e. The molecule has 0 spiro atoms. The Balaban J connectivity index is 1.30. The molecule has 2 saturated heterocycles. The van der Waals surface area contributed by atoms with Crippen molar-refractivity contribution in [2.75, 3.05) is 32.7 Å². The summed E-state index contributed by atoms with van der Waals surface area (Å²) in [5, 5.41) is 4.82. The van der Waals surface area contributed by atoms with Crippen LogP contribution in [-0.2, 0) is 4.74 Å². The van der Waals surface area contributed by atoms with Gasteiger partial charge in [-0.2, -0.15) is 5.10 Å². The van der Waals surface area contributed by atoms with Crippen molar-refractivity contribution in [1.29, 1.82) is 0 Å². The van der Waals surface area contributed by atoms with Gasteiger partial charge in [0.2, 0.25) is 0 Å². The Kier molecular flexibility index (Phi) is 6.79. The van der Waals surface area contributed by atoms with E-state index < -0.39 is 0 Å². The second-order valence-corrected chi connectivity index (χ2v) is 9.75. The largest absolute Gasteiger partial charge is 0.373 e. The number of piperidine rings is 1. The SMILES string of the molecule is CC1CN(CC2CCN(C(=O)c3cn(-c4ccccc4)nc3-c3ccccc3)CC2)CC(C)O1. The van der Waals surface area contributed by atoms with Crippen LogP contribution >= 0.6 is 0 Å². The van der Waals surface area contributed by atoms with Gasteiger partial charge in [-0.3, -0.25) is 9.69 Å². The Bertz CT molecular complexity index is 1080. The van der Waals surface area contributed by atoms with Crippen LogP contribution in [0.25, 0.3) is 16.9 Å². The van der Waals surface area contributed by atoms with E-state index >= 15 is 0 Å². The highest BCUT2D eigenvalue weighted by atomic mass is 16.5. The van der Waals surface area contributed by atoms with Crippen LogP contribution in [0.4, 0.5) is 0 Å². The molecule has 2 aromatic carbocycles. The van der Waals surface area contributed by atoms with Crippen LogP contribution in [0.2, 0.25) is 0 Å². The molecule has 0 radical (unpaired) electrons. The molecule has 3 heterocycles. The first kappa shape index (κ1) is 22.8. The summed E-state index contributed by atoms with van der Waals surface area (Å²) < 4.78 is 7.70. The highest BCUT2D eigenvalue weighted by molar-refractivity contribution is 6.00. The van der Waals surface area contributed by atoms with Crippen LogP contribution in [0, 0.1) is 5.92 Å². The number of hydrogen-bond donors (Lipinski definition) is 0. The minimum atomic E-state index is 0.0769. The zero-order valence-electron chi connectivity index (χ0n) is 20.1. The van der Waals surface area contributed by atoms with Crippen LogP contribution in [0.1, 0.15) is 37.0 Å². The molecule has 2 aliphatic rings. The van der Waals surface area contributed by atoms with Crippen LogP contribution in [0.3, 0.4) is 0 Å². The molecule has 3 aromatic rings. The van der Waals surface area contributed by atoms with Gasteiger partial charge in [-0.25, -0.2) is 4.68 Å². The van der Waals surface area contributed by atoms with Crippen LogP contribution < -0.4 is 0 Å². The standard InChI is InChI=1S/C28H34N4O2/c1-21-17-30(18-22(2)34-21)19-23-13-15-31(16-14-23)28(33)26-20-32(25-11-7-4-8-12-25)29-27(26)24-9-5-3-6-10-24/h3-12,20-23H,13-19H2,1-2H3. The van der Waals surface area contributed by atoms with Gasteiger partial charge >= 0.3 is 0 Å². The minimum absolute atomic E-state index is 0.0769. The third-order valence-electron chi connectivity index (χ3n) is 6.93. The molecule has 0 bridgehead atoms. The zero-order chi connectivity index (χ0) is 23.5. The summed E-state index contributed by atoms with van der Waals surface area (Å²) in [6.07, 6.45) is 4.56. The summed E-state index contributed by atoms with van der Waals surface area (Å²) in [4.78, 5) is 18.2. The number of benzene rings is 2. The number of amides is 1. The highest BCUT2D eigenvalue weighted by Crippen LogP contribution is 2.27. The Labute approximate surface area is 202 Å². The average Bonchev–Trinajstić information content (AvgIpc) is 3.30. The molecule has 2 atom stereocenters. The molecule has 6 nitrogen and oxygen atoms in total. The molecule has 34 heavy (non-hydrogen) atoms. The lowest BCUT2D eigenvalue weighted by Gasteiger charge is -2.39. The Morgan fingerprint density at radius 3 is 2.21 bits per heavy atom. The monoisotopic (exact) mass is 458 g/mol. The number of carbonyl (C=O) groups excluding carboxylic acids is 1. The molecular weight excluding hydrogens is 424 g/mol. The number of nitrogens with zero attached hydrogens (tertiary/aromatic N) is 4. The topological polar surface area (TPSA) is 50.6 Å². The van der Waals surface area contributed by atoms with Gasteiger partial charge in [0.05, 0.1) is 23.5 Å². The Morgan fingerprint density at radius 1 is 0.941 bits per heavy atom. The number of carbonyl (C=O) groups is 1. The molecule has 2 unspecified atom stereocenters. The summed E-state index contributed by atoms with van der Waals surface area (Å²) in [6, 6.07) is 20.0. The van der Waals surface area contributed by atoms with Crippen LogP contribution in [-0.4, -0.2) is 70.4 Å². The second kappa shape index (κ2) is 10.1. The summed E-state index contributed by atoms with van der Waals surface area (Å²) in [5.74, 6) is 0.704. The van der Waals surface area contributed by atoms with E-state index in [9.17, 15) is 4.79 Å². The third kappa shape index (κ3) is 5.08. The van der Waals surface area contributed by atoms with Crippen LogP contribution in [0.15, 0.2) is 66.9 Å². The lowest BCUT2D eigenvalue weighted by Crippen LogP contribution is -2.48. The predicted octanol–water partition coefficient (Wildman–Crippen LogP) is 4.50. The molecular formula is C28H34N4O2. The van der Waals surface area contributed by atoms with E-state index in [0.717, 1.165) is 62.5 Å². The van der Waals surface area contributed by atoms with Gasteiger partial charge in [-0.05, 0) is 44.7 Å². The summed E-state index contributed by atoms with van der Waals surface area (Å²) in [6.45, 7) is 9.01. The summed E-state index contributed by atoms with van der Waals surface area (Å²) >= 11 is 0. The van der Waals surface area contributed by atoms with Crippen molar-refractivity contribution >= 4 is 5.91 Å². The van der Waals surface area contributed by atoms with Gasteiger partial charge in [-0.15, -0.1) is 0 Å². The van der Waals surface area contributed by atoms with E-state index in [0.29, 0.717) is 23.7 Å². The van der Waals surface area contributed by atoms with E-state index in [2.05, 4.69) is 18.7 Å². The molecule has 178 valence electrons. The fourth-order valence-electron chi connectivity index (χ4n) is 5.34.